The van der Waals surface area contributed by atoms with Crippen LogP contribution in [0.1, 0.15) is 24.2 Å². The standard InChI is InChI=1S/C14H15ClN4O2S/c1-7(2)22-14-18-11(16)10(13(21)19-14)17-12(20)8-3-5-9(15)6-4-8/h3-7H,1-2H3,(H,17,20)(H3,16,18,19,21). The number of aromatic nitrogens is 2. The minimum absolute atomic E-state index is 0.0192. The SMILES string of the molecule is CC(C)Sc1nc(N)c(NC(=O)c2ccc(Cl)cc2)c(=O)[nH]1. The van der Waals surface area contributed by atoms with E-state index in [0.717, 1.165) is 0 Å². The Labute approximate surface area is 136 Å². The molecule has 2 rings (SSSR count). The maximum Gasteiger partial charge on any atom is 0.277 e. The molecule has 0 fully saturated rings. The predicted octanol–water partition coefficient (Wildman–Crippen LogP) is 2.76. The van der Waals surface area contributed by atoms with Gasteiger partial charge < -0.3 is 11.1 Å². The lowest BCUT2D eigenvalue weighted by Crippen LogP contribution is -2.23. The highest BCUT2D eigenvalue weighted by molar-refractivity contribution is 7.99. The van der Waals surface area contributed by atoms with Crippen molar-refractivity contribution in [2.75, 3.05) is 11.1 Å². The van der Waals surface area contributed by atoms with Crippen LogP contribution in [0.4, 0.5) is 11.5 Å². The number of rotatable bonds is 4. The topological polar surface area (TPSA) is 101 Å². The van der Waals surface area contributed by atoms with E-state index in [4.69, 9.17) is 17.3 Å². The van der Waals surface area contributed by atoms with Crippen LogP contribution in [0.15, 0.2) is 34.2 Å². The molecular weight excluding hydrogens is 324 g/mol. The molecule has 0 atom stereocenters. The predicted molar refractivity (Wildman–Crippen MR) is 89.7 cm³/mol. The molecule has 6 nitrogen and oxygen atoms in total. The number of halogens is 1. The molecule has 8 heteroatoms. The number of amides is 1. The lowest BCUT2D eigenvalue weighted by molar-refractivity contribution is 0.102. The van der Waals surface area contributed by atoms with Crippen LogP contribution in [0.5, 0.6) is 0 Å². The van der Waals surface area contributed by atoms with Gasteiger partial charge in [-0.25, -0.2) is 4.98 Å². The Kier molecular flexibility index (Phi) is 5.10. The number of nitrogens with one attached hydrogen (secondary N) is 2. The summed E-state index contributed by atoms with van der Waals surface area (Å²) in [6, 6.07) is 6.28. The van der Waals surface area contributed by atoms with Gasteiger partial charge >= 0.3 is 0 Å². The molecule has 0 saturated carbocycles. The van der Waals surface area contributed by atoms with Gasteiger partial charge in [0.2, 0.25) is 0 Å². The molecule has 1 aromatic heterocycles. The molecule has 0 spiro atoms. The van der Waals surface area contributed by atoms with Crippen molar-refractivity contribution in [1.29, 1.82) is 0 Å². The van der Waals surface area contributed by atoms with Crippen molar-refractivity contribution in [3.63, 3.8) is 0 Å². The van der Waals surface area contributed by atoms with Crippen LogP contribution < -0.4 is 16.6 Å². The maximum absolute atomic E-state index is 12.1. The van der Waals surface area contributed by atoms with E-state index in [1.165, 1.54) is 11.8 Å². The fourth-order valence-corrected chi connectivity index (χ4v) is 2.53. The van der Waals surface area contributed by atoms with Crippen molar-refractivity contribution in [3.05, 3.63) is 45.2 Å². The molecule has 2 aromatic rings. The van der Waals surface area contributed by atoms with E-state index in [0.29, 0.717) is 15.7 Å². The third kappa shape index (κ3) is 4.02. The number of carbonyl (C=O) groups is 1. The summed E-state index contributed by atoms with van der Waals surface area (Å²) in [5.41, 5.74) is 5.58. The average Bonchev–Trinajstić information content (AvgIpc) is 2.42. The molecule has 0 aliphatic rings. The molecule has 0 bridgehead atoms. The first kappa shape index (κ1) is 16.4. The average molecular weight is 339 g/mol. The second-order valence-corrected chi connectivity index (χ2v) is 6.76. The zero-order valence-electron chi connectivity index (χ0n) is 12.0. The Hall–Kier alpha value is -1.99. The molecule has 1 heterocycles. The summed E-state index contributed by atoms with van der Waals surface area (Å²) in [5, 5.41) is 3.66. The van der Waals surface area contributed by atoms with Crippen LogP contribution in [-0.4, -0.2) is 21.1 Å². The summed E-state index contributed by atoms with van der Waals surface area (Å²) in [5.74, 6) is -0.478. The smallest absolute Gasteiger partial charge is 0.277 e. The highest BCUT2D eigenvalue weighted by atomic mass is 35.5. The highest BCUT2D eigenvalue weighted by Gasteiger charge is 2.14. The van der Waals surface area contributed by atoms with Crippen molar-refractivity contribution in [2.24, 2.45) is 0 Å². The molecular formula is C14H15ClN4O2S. The second kappa shape index (κ2) is 6.85. The first-order valence-corrected chi connectivity index (χ1v) is 7.76. The molecule has 1 aromatic carbocycles. The van der Waals surface area contributed by atoms with Gasteiger partial charge in [0.25, 0.3) is 11.5 Å². The van der Waals surface area contributed by atoms with Crippen LogP contribution in [-0.2, 0) is 0 Å². The Morgan fingerprint density at radius 3 is 2.55 bits per heavy atom. The Bertz CT molecular complexity index is 743. The zero-order chi connectivity index (χ0) is 16.3. The van der Waals surface area contributed by atoms with Gasteiger partial charge in [-0.1, -0.05) is 37.2 Å². The summed E-state index contributed by atoms with van der Waals surface area (Å²) in [6.45, 7) is 3.94. The van der Waals surface area contributed by atoms with Gasteiger partial charge in [0.15, 0.2) is 11.0 Å². The molecule has 1 amide bonds. The second-order valence-electron chi connectivity index (χ2n) is 4.76. The van der Waals surface area contributed by atoms with Gasteiger partial charge in [-0.15, -0.1) is 0 Å². The molecule has 116 valence electrons. The Morgan fingerprint density at radius 2 is 2.00 bits per heavy atom. The van der Waals surface area contributed by atoms with Gasteiger partial charge in [0.05, 0.1) is 0 Å². The van der Waals surface area contributed by atoms with Crippen LogP contribution in [0.3, 0.4) is 0 Å². The molecule has 0 saturated heterocycles. The van der Waals surface area contributed by atoms with Gasteiger partial charge in [-0.05, 0) is 24.3 Å². The molecule has 0 unspecified atom stereocenters. The number of carbonyl (C=O) groups excluding carboxylic acids is 1. The third-order valence-electron chi connectivity index (χ3n) is 2.62. The number of nitrogens with two attached hydrogens (primary N) is 1. The van der Waals surface area contributed by atoms with Crippen molar-refractivity contribution in [1.82, 2.24) is 9.97 Å². The Balaban J connectivity index is 2.24. The van der Waals surface area contributed by atoms with Crippen molar-refractivity contribution < 1.29 is 4.79 Å². The van der Waals surface area contributed by atoms with Crippen LogP contribution in [0.25, 0.3) is 0 Å². The quantitative estimate of drug-likeness (QED) is 0.587. The van der Waals surface area contributed by atoms with Crippen LogP contribution in [0, 0.1) is 0 Å². The van der Waals surface area contributed by atoms with Gasteiger partial charge in [-0.3, -0.25) is 14.6 Å². The molecule has 0 aliphatic carbocycles. The maximum atomic E-state index is 12.1. The summed E-state index contributed by atoms with van der Waals surface area (Å²) >= 11 is 7.15. The normalized spacial score (nSPS) is 10.7. The minimum Gasteiger partial charge on any atom is -0.382 e. The fraction of sp³-hybridized carbons (Fsp3) is 0.214. The fourth-order valence-electron chi connectivity index (χ4n) is 1.66. The zero-order valence-corrected chi connectivity index (χ0v) is 13.6. The first-order valence-electron chi connectivity index (χ1n) is 6.50. The van der Waals surface area contributed by atoms with Crippen LogP contribution in [0.2, 0.25) is 5.02 Å². The third-order valence-corrected chi connectivity index (χ3v) is 3.76. The summed E-state index contributed by atoms with van der Waals surface area (Å²) < 4.78 is 0. The van der Waals surface area contributed by atoms with Crippen LogP contribution >= 0.6 is 23.4 Å². The highest BCUT2D eigenvalue weighted by Crippen LogP contribution is 2.21. The lowest BCUT2D eigenvalue weighted by Gasteiger charge is -2.09. The van der Waals surface area contributed by atoms with Crippen molar-refractivity contribution in [3.8, 4) is 0 Å². The number of thioether (sulfide) groups is 1. The van der Waals surface area contributed by atoms with Crippen molar-refractivity contribution >= 4 is 40.8 Å². The summed E-state index contributed by atoms with van der Waals surface area (Å²) in [7, 11) is 0. The summed E-state index contributed by atoms with van der Waals surface area (Å²) in [4.78, 5) is 30.8. The number of benzene rings is 1. The van der Waals surface area contributed by atoms with E-state index < -0.39 is 11.5 Å². The van der Waals surface area contributed by atoms with Crippen molar-refractivity contribution in [2.45, 2.75) is 24.3 Å². The number of anilines is 2. The monoisotopic (exact) mass is 338 g/mol. The summed E-state index contributed by atoms with van der Waals surface area (Å²) in [6.07, 6.45) is 0. The minimum atomic E-state index is -0.488. The van der Waals surface area contributed by atoms with Gasteiger partial charge in [0.1, 0.15) is 5.69 Å². The largest absolute Gasteiger partial charge is 0.382 e. The first-order chi connectivity index (χ1) is 10.4. The number of nitrogens with zero attached hydrogens (tertiary/aromatic N) is 1. The van der Waals surface area contributed by atoms with E-state index in [1.54, 1.807) is 24.3 Å². The molecule has 0 radical (unpaired) electrons. The van der Waals surface area contributed by atoms with E-state index in [2.05, 4.69) is 15.3 Å². The molecule has 4 N–H and O–H groups in total. The number of aromatic amines is 1. The number of hydrogen-bond acceptors (Lipinski definition) is 5. The van der Waals surface area contributed by atoms with Gasteiger partial charge in [0, 0.05) is 15.8 Å². The number of hydrogen-bond donors (Lipinski definition) is 3. The number of nitrogen functional groups attached to an aromatic ring is 1. The van der Waals surface area contributed by atoms with Gasteiger partial charge in [-0.2, -0.15) is 0 Å². The van der Waals surface area contributed by atoms with E-state index >= 15 is 0 Å². The lowest BCUT2D eigenvalue weighted by atomic mass is 10.2. The van der Waals surface area contributed by atoms with E-state index in [9.17, 15) is 9.59 Å². The van der Waals surface area contributed by atoms with E-state index in [1.807, 2.05) is 13.8 Å². The van der Waals surface area contributed by atoms with E-state index in [-0.39, 0.29) is 16.8 Å². The number of H-pyrrole nitrogens is 1. The molecule has 0 aliphatic heterocycles. The molecule has 22 heavy (non-hydrogen) atoms. The Morgan fingerprint density at radius 1 is 1.36 bits per heavy atom.